The van der Waals surface area contributed by atoms with Crippen LogP contribution >= 0.6 is 0 Å². The van der Waals surface area contributed by atoms with Crippen LogP contribution in [0.25, 0.3) is 0 Å². The van der Waals surface area contributed by atoms with Crippen molar-refractivity contribution >= 4 is 18.9 Å². The van der Waals surface area contributed by atoms with E-state index >= 15 is 0 Å². The summed E-state index contributed by atoms with van der Waals surface area (Å²) < 4.78 is 19.8. The van der Waals surface area contributed by atoms with Crippen molar-refractivity contribution in [3.05, 3.63) is 81.1 Å². The second kappa shape index (κ2) is 56.3. The largest absolute Gasteiger partial charge is 0.377 e. The van der Waals surface area contributed by atoms with E-state index in [0.717, 1.165) is 52.9 Å². The summed E-state index contributed by atoms with van der Waals surface area (Å²) in [7, 11) is 0. The van der Waals surface area contributed by atoms with Gasteiger partial charge in [0.2, 0.25) is 0 Å². The molecule has 0 spiro atoms. The molecule has 0 aliphatic carbocycles. The van der Waals surface area contributed by atoms with E-state index in [1.165, 1.54) is 25.7 Å². The smallest absolute Gasteiger partial charge is 0.0701 e. The topological polar surface area (TPSA) is 36.9 Å². The van der Waals surface area contributed by atoms with Gasteiger partial charge in [-0.25, -0.2) is 0 Å². The molecule has 2 saturated heterocycles. The maximum Gasteiger partial charge on any atom is 0.0701 e. The van der Waals surface area contributed by atoms with E-state index in [2.05, 4.69) is 55.4 Å². The second-order valence-electron chi connectivity index (χ2n) is 3.60. The van der Waals surface area contributed by atoms with Gasteiger partial charge in [-0.3, -0.25) is 0 Å². The average molecular weight is 488 g/mol. The molecule has 2 fully saturated rings. The monoisotopic (exact) mass is 487 g/mol. The zero-order valence-corrected chi connectivity index (χ0v) is 19.9. The molecule has 0 unspecified atom stereocenters. The van der Waals surface area contributed by atoms with Crippen LogP contribution in [0.1, 0.15) is 0 Å². The van der Waals surface area contributed by atoms with Crippen LogP contribution in [0.2, 0.25) is 0 Å². The number of hydrogen-bond acceptors (Lipinski definition) is 4. The summed E-state index contributed by atoms with van der Waals surface area (Å²) in [5.74, 6) is 0. The zero-order chi connectivity index (χ0) is 19.3. The van der Waals surface area contributed by atoms with Crippen LogP contribution in [0.5, 0.6) is 0 Å². The molecule has 13 radical (unpaired) electrons. The van der Waals surface area contributed by atoms with Gasteiger partial charge in [-0.2, -0.15) is 0 Å². The van der Waals surface area contributed by atoms with Crippen molar-refractivity contribution in [2.75, 3.05) is 52.9 Å². The van der Waals surface area contributed by atoms with Crippen molar-refractivity contribution in [3.63, 3.8) is 0 Å². The Labute approximate surface area is 211 Å². The molecule has 145 valence electrons. The number of hydrogen-bond donors (Lipinski definition) is 0. The summed E-state index contributed by atoms with van der Waals surface area (Å²) in [6.45, 7) is 32.2. The average Bonchev–Trinajstić information content (AvgIpc) is 2.61. The zero-order valence-electron chi connectivity index (χ0n) is 16.8. The maximum absolute atomic E-state index is 4.94. The van der Waals surface area contributed by atoms with E-state index in [1.807, 2.05) is 0 Å². The molecule has 2 heterocycles. The van der Waals surface area contributed by atoms with Gasteiger partial charge in [0.05, 0.1) is 52.9 Å². The Hall–Kier alpha value is 1.81. The predicted molar refractivity (Wildman–Crippen MR) is 109 cm³/mol. The fourth-order valence-corrected chi connectivity index (χ4v) is 0.880. The van der Waals surface area contributed by atoms with Gasteiger partial charge in [0.15, 0.2) is 0 Å². The molecule has 2 aliphatic heterocycles. The summed E-state index contributed by atoms with van der Waals surface area (Å²) in [4.78, 5) is 0. The summed E-state index contributed by atoms with van der Waals surface area (Å²) in [6.07, 6.45) is 6.00. The van der Waals surface area contributed by atoms with Crippen LogP contribution in [0.15, 0.2) is 0 Å². The fourth-order valence-electron chi connectivity index (χ4n) is 0.880. The van der Waals surface area contributed by atoms with Crippen LogP contribution in [0.4, 0.5) is 0 Å². The van der Waals surface area contributed by atoms with Crippen molar-refractivity contribution < 1.29 is 60.7 Å². The molecular formula is C20H36CeLiO4. The first-order valence-electron chi connectivity index (χ1n) is 7.58. The minimum absolute atomic E-state index is 0. The van der Waals surface area contributed by atoms with Crippen LogP contribution in [0, 0.1) is 123 Å². The van der Waals surface area contributed by atoms with Crippen molar-refractivity contribution in [3.8, 4) is 0 Å². The third-order valence-electron chi connectivity index (χ3n) is 1.49. The Bertz CT molecular complexity index is 105. The van der Waals surface area contributed by atoms with Gasteiger partial charge in [-0.15, -0.1) is 0 Å². The van der Waals surface area contributed by atoms with Gasteiger partial charge in [0, 0.05) is 60.6 Å². The molecule has 0 aromatic heterocycles. The Morgan fingerprint density at radius 1 is 0.385 bits per heavy atom. The Morgan fingerprint density at radius 3 is 0.500 bits per heavy atom. The molecule has 0 amide bonds. The van der Waals surface area contributed by atoms with Gasteiger partial charge in [-0.05, 0) is 81.1 Å². The Morgan fingerprint density at radius 2 is 0.462 bits per heavy atom. The van der Waals surface area contributed by atoms with E-state index in [9.17, 15) is 0 Å². The fraction of sp³-hybridized carbons (Fsp3) is 0.400. The van der Waals surface area contributed by atoms with Gasteiger partial charge >= 0.3 is 0 Å². The van der Waals surface area contributed by atoms with Crippen molar-refractivity contribution in [1.29, 1.82) is 0 Å². The third kappa shape index (κ3) is 83.3. The van der Waals surface area contributed by atoms with Crippen LogP contribution in [-0.4, -0.2) is 71.7 Å². The van der Waals surface area contributed by atoms with Crippen molar-refractivity contribution in [2.24, 2.45) is 0 Å². The molecule has 0 bridgehead atoms. The summed E-state index contributed by atoms with van der Waals surface area (Å²) >= 11 is 0. The summed E-state index contributed by atoms with van der Waals surface area (Å²) in [5.41, 5.74) is 0. The molecule has 0 aromatic rings. The standard InChI is InChI=1S/2C4H8O2.4C3H5.Ce.Li/c2*1-2-6-4-3-5-1;4*1-3-2;;/h2*1-4H2;4*3H,1-2H2;;. The van der Waals surface area contributed by atoms with Crippen LogP contribution < -0.4 is 0 Å². The first-order chi connectivity index (χ1) is 11.7. The molecule has 4 nitrogen and oxygen atoms in total. The number of ether oxygens (including phenoxy) is 4. The normalized spacial score (nSPS) is 13.8. The molecule has 26 heavy (non-hydrogen) atoms. The Balaban J connectivity index is -0.0000000474. The molecule has 2 aliphatic rings. The predicted octanol–water partition coefficient (Wildman–Crippen LogP) is 3.12. The minimum atomic E-state index is 0. The Kier molecular flexibility index (Phi) is 91.0. The molecular weight excluding hydrogens is 451 g/mol. The first kappa shape index (κ1) is 42.0. The minimum Gasteiger partial charge on any atom is -0.377 e. The summed E-state index contributed by atoms with van der Waals surface area (Å²) in [5, 5.41) is 0. The SMILES string of the molecule is C1COCCO1.C1COCCO1.[CH2][CH][CH2].[CH2][CH][CH2].[CH2][CH][CH2].[CH2][CH][CH2].[Ce].[Li]. The third-order valence-corrected chi connectivity index (χ3v) is 1.49. The number of rotatable bonds is 0. The molecule has 0 N–H and O–H groups in total. The molecule has 0 saturated carbocycles. The van der Waals surface area contributed by atoms with E-state index in [4.69, 9.17) is 18.9 Å². The van der Waals surface area contributed by atoms with Crippen LogP contribution in [-0.2, 0) is 18.9 Å². The maximum atomic E-state index is 4.94. The summed E-state index contributed by atoms with van der Waals surface area (Å²) in [6, 6.07) is 0. The van der Waals surface area contributed by atoms with Crippen molar-refractivity contribution in [1.82, 2.24) is 0 Å². The molecule has 6 heteroatoms. The molecule has 0 aromatic carbocycles. The van der Waals surface area contributed by atoms with Gasteiger partial charge in [-0.1, -0.05) is 0 Å². The van der Waals surface area contributed by atoms with E-state index in [0.29, 0.717) is 0 Å². The quantitative estimate of drug-likeness (QED) is 0.492. The second-order valence-corrected chi connectivity index (χ2v) is 3.60. The van der Waals surface area contributed by atoms with E-state index in [1.54, 1.807) is 0 Å². The van der Waals surface area contributed by atoms with E-state index in [-0.39, 0.29) is 60.6 Å². The van der Waals surface area contributed by atoms with Gasteiger partial charge in [0.1, 0.15) is 0 Å². The molecule has 2 rings (SSSR count). The van der Waals surface area contributed by atoms with Crippen LogP contribution in [0.3, 0.4) is 0 Å². The molecule has 0 atom stereocenters. The van der Waals surface area contributed by atoms with Crippen molar-refractivity contribution in [2.45, 2.75) is 0 Å². The van der Waals surface area contributed by atoms with Gasteiger partial charge in [0.25, 0.3) is 0 Å². The van der Waals surface area contributed by atoms with E-state index < -0.39 is 0 Å². The van der Waals surface area contributed by atoms with Gasteiger partial charge < -0.3 is 18.9 Å². The first-order valence-corrected chi connectivity index (χ1v) is 7.58.